The monoisotopic (exact) mass is 457 g/mol. The molecule has 1 aromatic heterocycles. The van der Waals surface area contributed by atoms with Gasteiger partial charge in [-0.2, -0.15) is 5.10 Å². The number of hydrazone groups is 1. The molecule has 11 nitrogen and oxygen atoms in total. The third-order valence-electron chi connectivity index (χ3n) is 4.91. The quantitative estimate of drug-likeness (QED) is 0.249. The van der Waals surface area contributed by atoms with Gasteiger partial charge in [0, 0.05) is 17.0 Å². The number of phenolic OH excluding ortho intramolecular Hbond substituents is 1. The highest BCUT2D eigenvalue weighted by molar-refractivity contribution is 6.07. The maximum Gasteiger partial charge on any atom is 0.318 e. The Hall–Kier alpha value is -5.19. The van der Waals surface area contributed by atoms with Crippen molar-refractivity contribution in [3.8, 4) is 17.0 Å². The van der Waals surface area contributed by atoms with Crippen molar-refractivity contribution in [2.24, 2.45) is 5.10 Å². The van der Waals surface area contributed by atoms with Gasteiger partial charge in [-0.1, -0.05) is 48.5 Å². The molecule has 0 aliphatic carbocycles. The third kappa shape index (κ3) is 4.39. The number of fused-ring (bicyclic) bond motifs is 1. The Morgan fingerprint density at radius 3 is 2.38 bits per heavy atom. The minimum atomic E-state index is -0.952. The van der Waals surface area contributed by atoms with Crippen LogP contribution >= 0.6 is 0 Å². The van der Waals surface area contributed by atoms with Gasteiger partial charge in [-0.05, 0) is 12.1 Å². The van der Waals surface area contributed by atoms with Crippen LogP contribution in [0.5, 0.6) is 5.75 Å². The Balaban J connectivity index is 1.68. The number of non-ortho nitro benzene ring substituents is 1. The zero-order valence-corrected chi connectivity index (χ0v) is 17.3. The third-order valence-corrected chi connectivity index (χ3v) is 4.91. The SMILES string of the molecule is O=C(N/N=C\c1cc([N+](=O)[O-])cc([N+](=O)[O-])c1O)c1cc(-c2ccccc2)nc2ccccc12. The van der Waals surface area contributed by atoms with E-state index in [0.717, 1.165) is 17.8 Å². The number of hydrogen-bond acceptors (Lipinski definition) is 8. The standard InChI is InChI=1S/C23H15N5O6/c29-22-15(10-16(27(31)32)11-21(22)28(33)34)13-24-26-23(30)18-12-20(14-6-2-1-3-7-14)25-19-9-5-4-8-17(18)19/h1-13,29H,(H,26,30)/b24-13-. The molecule has 4 rings (SSSR count). The fourth-order valence-electron chi connectivity index (χ4n) is 3.31. The lowest BCUT2D eigenvalue weighted by Gasteiger charge is -2.09. The number of para-hydroxylation sites is 1. The van der Waals surface area contributed by atoms with E-state index in [4.69, 9.17) is 0 Å². The second-order valence-electron chi connectivity index (χ2n) is 7.05. The molecule has 0 bridgehead atoms. The number of benzene rings is 3. The highest BCUT2D eigenvalue weighted by Gasteiger charge is 2.23. The van der Waals surface area contributed by atoms with Crippen LogP contribution in [-0.2, 0) is 0 Å². The number of carbonyl (C=O) groups is 1. The molecule has 0 unspecified atom stereocenters. The van der Waals surface area contributed by atoms with Gasteiger partial charge >= 0.3 is 5.69 Å². The molecule has 0 aliphatic heterocycles. The van der Waals surface area contributed by atoms with E-state index in [0.29, 0.717) is 22.7 Å². The zero-order valence-electron chi connectivity index (χ0n) is 17.3. The van der Waals surface area contributed by atoms with Crippen molar-refractivity contribution >= 4 is 34.4 Å². The number of rotatable bonds is 6. The Morgan fingerprint density at radius 1 is 0.971 bits per heavy atom. The Kier molecular flexibility index (Phi) is 5.91. The molecule has 0 saturated heterocycles. The van der Waals surface area contributed by atoms with Gasteiger partial charge in [0.15, 0.2) is 0 Å². The normalized spacial score (nSPS) is 10.9. The van der Waals surface area contributed by atoms with E-state index in [2.05, 4.69) is 15.5 Å². The molecule has 4 aromatic rings. The van der Waals surface area contributed by atoms with Crippen molar-refractivity contribution in [3.63, 3.8) is 0 Å². The number of amides is 1. The number of nitro benzene ring substituents is 2. The number of hydrogen-bond donors (Lipinski definition) is 2. The van der Waals surface area contributed by atoms with Crippen molar-refractivity contribution < 1.29 is 19.7 Å². The summed E-state index contributed by atoms with van der Waals surface area (Å²) in [4.78, 5) is 37.9. The topological polar surface area (TPSA) is 161 Å². The van der Waals surface area contributed by atoms with E-state index >= 15 is 0 Å². The summed E-state index contributed by atoms with van der Waals surface area (Å²) in [6.45, 7) is 0. The molecule has 168 valence electrons. The summed E-state index contributed by atoms with van der Waals surface area (Å²) in [5.41, 5.74) is 2.77. The number of aromatic hydroxyl groups is 1. The lowest BCUT2D eigenvalue weighted by atomic mass is 10.0. The summed E-state index contributed by atoms with van der Waals surface area (Å²) < 4.78 is 0. The summed E-state index contributed by atoms with van der Waals surface area (Å²) in [7, 11) is 0. The van der Waals surface area contributed by atoms with E-state index in [-0.39, 0.29) is 11.1 Å². The highest BCUT2D eigenvalue weighted by Crippen LogP contribution is 2.33. The minimum Gasteiger partial charge on any atom is -0.502 e. The Bertz CT molecular complexity index is 1470. The molecule has 0 saturated carbocycles. The summed E-state index contributed by atoms with van der Waals surface area (Å²) in [6.07, 6.45) is 0.898. The van der Waals surface area contributed by atoms with Crippen LogP contribution in [0.2, 0.25) is 0 Å². The van der Waals surface area contributed by atoms with Gasteiger partial charge < -0.3 is 5.11 Å². The van der Waals surface area contributed by atoms with E-state index in [1.807, 2.05) is 30.3 Å². The van der Waals surface area contributed by atoms with Crippen LogP contribution in [0.3, 0.4) is 0 Å². The Morgan fingerprint density at radius 2 is 1.68 bits per heavy atom. The number of nitrogens with zero attached hydrogens (tertiary/aromatic N) is 4. The second kappa shape index (κ2) is 9.12. The number of nitrogens with one attached hydrogen (secondary N) is 1. The van der Waals surface area contributed by atoms with Crippen LogP contribution in [0, 0.1) is 20.2 Å². The molecule has 11 heteroatoms. The predicted octanol–water partition coefficient (Wildman–Crippen LogP) is 4.19. The molecule has 1 amide bonds. The van der Waals surface area contributed by atoms with Gasteiger partial charge in [0.25, 0.3) is 11.6 Å². The van der Waals surface area contributed by atoms with Crippen LogP contribution in [0.15, 0.2) is 77.9 Å². The van der Waals surface area contributed by atoms with Crippen LogP contribution < -0.4 is 5.43 Å². The molecule has 0 atom stereocenters. The van der Waals surface area contributed by atoms with Crippen LogP contribution in [0.25, 0.3) is 22.2 Å². The Labute approximate surface area is 191 Å². The summed E-state index contributed by atoms with van der Waals surface area (Å²) in [5.74, 6) is -1.42. The van der Waals surface area contributed by atoms with Crippen molar-refractivity contribution in [2.75, 3.05) is 0 Å². The van der Waals surface area contributed by atoms with Crippen LogP contribution in [0.1, 0.15) is 15.9 Å². The van der Waals surface area contributed by atoms with Gasteiger partial charge in [0.1, 0.15) is 0 Å². The average molecular weight is 457 g/mol. The minimum absolute atomic E-state index is 0.274. The van der Waals surface area contributed by atoms with Crippen molar-refractivity contribution in [1.82, 2.24) is 10.4 Å². The molecule has 0 radical (unpaired) electrons. The van der Waals surface area contributed by atoms with Crippen molar-refractivity contribution in [1.29, 1.82) is 0 Å². The maximum atomic E-state index is 12.9. The largest absolute Gasteiger partial charge is 0.502 e. The molecule has 3 aromatic carbocycles. The fourth-order valence-corrected chi connectivity index (χ4v) is 3.31. The van der Waals surface area contributed by atoms with E-state index in [1.165, 1.54) is 0 Å². The lowest BCUT2D eigenvalue weighted by Crippen LogP contribution is -2.18. The first-order chi connectivity index (χ1) is 16.3. The fraction of sp³-hybridized carbons (Fsp3) is 0. The first-order valence-electron chi connectivity index (χ1n) is 9.79. The summed E-state index contributed by atoms with van der Waals surface area (Å²) in [6, 6.07) is 19.5. The zero-order chi connectivity index (χ0) is 24.2. The number of carbonyl (C=O) groups excluding carboxylic acids is 1. The maximum absolute atomic E-state index is 12.9. The van der Waals surface area contributed by atoms with E-state index in [9.17, 15) is 30.1 Å². The number of aromatic nitrogens is 1. The number of phenols is 1. The molecule has 1 heterocycles. The van der Waals surface area contributed by atoms with Gasteiger partial charge in [-0.25, -0.2) is 10.4 Å². The van der Waals surface area contributed by atoms with Crippen molar-refractivity contribution in [3.05, 3.63) is 104 Å². The van der Waals surface area contributed by atoms with Crippen LogP contribution in [-0.4, -0.2) is 32.1 Å². The van der Waals surface area contributed by atoms with E-state index in [1.54, 1.807) is 30.3 Å². The van der Waals surface area contributed by atoms with Crippen LogP contribution in [0.4, 0.5) is 11.4 Å². The summed E-state index contributed by atoms with van der Waals surface area (Å²) in [5, 5.41) is 36.5. The molecule has 34 heavy (non-hydrogen) atoms. The number of nitro groups is 2. The van der Waals surface area contributed by atoms with Gasteiger partial charge in [0.05, 0.1) is 44.5 Å². The highest BCUT2D eigenvalue weighted by atomic mass is 16.6. The molecule has 0 fully saturated rings. The van der Waals surface area contributed by atoms with Gasteiger partial charge in [-0.15, -0.1) is 0 Å². The molecular weight excluding hydrogens is 442 g/mol. The molecule has 0 aliphatic rings. The first-order valence-corrected chi connectivity index (χ1v) is 9.79. The van der Waals surface area contributed by atoms with E-state index < -0.39 is 32.9 Å². The predicted molar refractivity (Wildman–Crippen MR) is 124 cm³/mol. The van der Waals surface area contributed by atoms with Crippen molar-refractivity contribution in [2.45, 2.75) is 0 Å². The second-order valence-corrected chi connectivity index (χ2v) is 7.05. The smallest absolute Gasteiger partial charge is 0.318 e. The number of pyridine rings is 1. The average Bonchev–Trinajstić information content (AvgIpc) is 2.84. The van der Waals surface area contributed by atoms with Gasteiger partial charge in [0.2, 0.25) is 5.75 Å². The molecule has 2 N–H and O–H groups in total. The summed E-state index contributed by atoms with van der Waals surface area (Å²) >= 11 is 0. The lowest BCUT2D eigenvalue weighted by molar-refractivity contribution is -0.394. The first kappa shape index (κ1) is 22.0. The molecular formula is C23H15N5O6. The van der Waals surface area contributed by atoms with Gasteiger partial charge in [-0.3, -0.25) is 25.0 Å². The molecule has 0 spiro atoms.